The van der Waals surface area contributed by atoms with Crippen molar-refractivity contribution in [3.05, 3.63) is 17.8 Å². The van der Waals surface area contributed by atoms with Crippen molar-refractivity contribution in [2.45, 2.75) is 71.3 Å². The number of piperidine rings is 1. The quantitative estimate of drug-likeness (QED) is 0.925. The van der Waals surface area contributed by atoms with Gasteiger partial charge in [-0.1, -0.05) is 20.8 Å². The van der Waals surface area contributed by atoms with Gasteiger partial charge in [0, 0.05) is 24.9 Å². The van der Waals surface area contributed by atoms with E-state index in [1.54, 1.807) is 20.1 Å². The minimum atomic E-state index is -0.935. The highest BCUT2D eigenvalue weighted by atomic mass is 16.3. The predicted octanol–water partition coefficient (Wildman–Crippen LogP) is 2.91. The van der Waals surface area contributed by atoms with Crippen LogP contribution in [0.2, 0.25) is 0 Å². The normalized spacial score (nSPS) is 17.6. The number of carbonyl (C=O) groups is 1. The van der Waals surface area contributed by atoms with E-state index in [0.717, 1.165) is 43.9 Å². The Morgan fingerprint density at radius 1 is 1.30 bits per heavy atom. The molecule has 0 atom stereocenters. The maximum Gasteiger partial charge on any atom is 0.225 e. The van der Waals surface area contributed by atoms with Crippen LogP contribution >= 0.6 is 0 Å². The molecule has 23 heavy (non-hydrogen) atoms. The Kier molecular flexibility index (Phi) is 5.19. The van der Waals surface area contributed by atoms with Crippen LogP contribution in [0.4, 0.5) is 0 Å². The van der Waals surface area contributed by atoms with E-state index in [1.807, 2.05) is 4.90 Å². The fourth-order valence-corrected chi connectivity index (χ4v) is 2.86. The van der Waals surface area contributed by atoms with Gasteiger partial charge in [-0.25, -0.2) is 4.98 Å². The third-order valence-electron chi connectivity index (χ3n) is 4.33. The molecule has 130 valence electrons. The van der Waals surface area contributed by atoms with Gasteiger partial charge < -0.3 is 14.4 Å². The molecule has 0 radical (unpaired) electrons. The summed E-state index contributed by atoms with van der Waals surface area (Å²) in [5, 5.41) is 9.77. The molecule has 0 unspecified atom stereocenters. The first-order valence-corrected chi connectivity index (χ1v) is 8.49. The van der Waals surface area contributed by atoms with Crippen LogP contribution in [0.25, 0.3) is 0 Å². The summed E-state index contributed by atoms with van der Waals surface area (Å²) < 4.78 is 5.61. The SMILES string of the molecule is CC(C)(O)CC(=O)N1CCC(Cc2nc(C(C)(C)C)co2)CC1. The zero-order valence-corrected chi connectivity index (χ0v) is 15.1. The number of oxazole rings is 1. The number of carbonyl (C=O) groups excluding carboxylic acids is 1. The molecule has 1 aliphatic heterocycles. The van der Waals surface area contributed by atoms with Crippen LogP contribution < -0.4 is 0 Å². The van der Waals surface area contributed by atoms with Gasteiger partial charge in [0.25, 0.3) is 0 Å². The lowest BCUT2D eigenvalue weighted by atomic mass is 9.92. The lowest BCUT2D eigenvalue weighted by Gasteiger charge is -2.33. The smallest absolute Gasteiger partial charge is 0.225 e. The average molecular weight is 322 g/mol. The predicted molar refractivity (Wildman–Crippen MR) is 89.1 cm³/mol. The maximum absolute atomic E-state index is 12.1. The number of rotatable bonds is 4. The molecule has 1 amide bonds. The van der Waals surface area contributed by atoms with Crippen molar-refractivity contribution in [3.63, 3.8) is 0 Å². The van der Waals surface area contributed by atoms with E-state index in [-0.39, 0.29) is 17.7 Å². The van der Waals surface area contributed by atoms with Gasteiger partial charge >= 0.3 is 0 Å². The molecule has 1 N–H and O–H groups in total. The van der Waals surface area contributed by atoms with E-state index in [9.17, 15) is 9.90 Å². The molecule has 0 saturated carbocycles. The molecule has 0 spiro atoms. The van der Waals surface area contributed by atoms with Crippen LogP contribution in [-0.4, -0.2) is 39.6 Å². The Morgan fingerprint density at radius 3 is 2.39 bits per heavy atom. The zero-order valence-electron chi connectivity index (χ0n) is 15.1. The highest BCUT2D eigenvalue weighted by molar-refractivity contribution is 5.77. The van der Waals surface area contributed by atoms with Crippen molar-refractivity contribution in [1.29, 1.82) is 0 Å². The standard InChI is InChI=1S/C18H30N2O3/c1-17(2,3)14-12-23-15(19-14)10-13-6-8-20(9-7-13)16(21)11-18(4,5)22/h12-13,22H,6-11H2,1-5H3. The van der Waals surface area contributed by atoms with E-state index >= 15 is 0 Å². The van der Waals surface area contributed by atoms with E-state index in [2.05, 4.69) is 25.8 Å². The Hall–Kier alpha value is -1.36. The second-order valence-corrected chi connectivity index (χ2v) is 8.39. The lowest BCUT2D eigenvalue weighted by Crippen LogP contribution is -2.41. The molecule has 1 aromatic heterocycles. The summed E-state index contributed by atoms with van der Waals surface area (Å²) in [6, 6.07) is 0. The fourth-order valence-electron chi connectivity index (χ4n) is 2.86. The molecule has 1 fully saturated rings. The fraction of sp³-hybridized carbons (Fsp3) is 0.778. The van der Waals surface area contributed by atoms with Crippen LogP contribution in [0.5, 0.6) is 0 Å². The molecule has 1 aliphatic rings. The summed E-state index contributed by atoms with van der Waals surface area (Å²) in [6.45, 7) is 11.2. The minimum absolute atomic E-state index is 0.00856. The molecule has 2 heterocycles. The van der Waals surface area contributed by atoms with Crippen LogP contribution in [0.3, 0.4) is 0 Å². The van der Waals surface area contributed by atoms with Gasteiger partial charge in [-0.05, 0) is 32.6 Å². The first-order valence-electron chi connectivity index (χ1n) is 8.49. The Bertz CT molecular complexity index is 529. The topological polar surface area (TPSA) is 66.6 Å². The lowest BCUT2D eigenvalue weighted by molar-refractivity contribution is -0.136. The van der Waals surface area contributed by atoms with Crippen LogP contribution in [0, 0.1) is 5.92 Å². The Labute approximate surface area is 139 Å². The summed E-state index contributed by atoms with van der Waals surface area (Å²) in [5.41, 5.74) is 0.0644. The van der Waals surface area contributed by atoms with E-state index in [0.29, 0.717) is 5.92 Å². The highest BCUT2D eigenvalue weighted by Gasteiger charge is 2.28. The van der Waals surface area contributed by atoms with Crippen LogP contribution in [0.1, 0.15) is 65.5 Å². The van der Waals surface area contributed by atoms with Gasteiger partial charge in [0.1, 0.15) is 6.26 Å². The summed E-state index contributed by atoms with van der Waals surface area (Å²) in [5.74, 6) is 1.35. The van der Waals surface area contributed by atoms with Crippen molar-refractivity contribution < 1.29 is 14.3 Å². The zero-order chi connectivity index (χ0) is 17.3. The summed E-state index contributed by atoms with van der Waals surface area (Å²) >= 11 is 0. The molecule has 2 rings (SSSR count). The Morgan fingerprint density at radius 2 is 1.91 bits per heavy atom. The second kappa shape index (κ2) is 6.63. The summed E-state index contributed by atoms with van der Waals surface area (Å²) in [7, 11) is 0. The molecular formula is C18H30N2O3. The molecule has 0 aromatic carbocycles. The largest absolute Gasteiger partial charge is 0.449 e. The summed E-state index contributed by atoms with van der Waals surface area (Å²) in [4.78, 5) is 18.6. The van der Waals surface area contributed by atoms with Gasteiger partial charge in [0.2, 0.25) is 5.91 Å². The monoisotopic (exact) mass is 322 g/mol. The van der Waals surface area contributed by atoms with Gasteiger partial charge in [-0.3, -0.25) is 4.79 Å². The molecule has 0 bridgehead atoms. The number of aliphatic hydroxyl groups is 1. The van der Waals surface area contributed by atoms with Crippen molar-refractivity contribution >= 4 is 5.91 Å². The van der Waals surface area contributed by atoms with Gasteiger partial charge in [0.05, 0.1) is 17.7 Å². The number of aromatic nitrogens is 1. The number of hydrogen-bond donors (Lipinski definition) is 1. The first kappa shape index (κ1) is 18.0. The first-order chi connectivity index (χ1) is 10.5. The molecule has 1 aromatic rings. The van der Waals surface area contributed by atoms with Crippen molar-refractivity contribution in [3.8, 4) is 0 Å². The maximum atomic E-state index is 12.1. The van der Waals surface area contributed by atoms with E-state index < -0.39 is 5.60 Å². The molecule has 5 nitrogen and oxygen atoms in total. The Balaban J connectivity index is 1.83. The molecule has 1 saturated heterocycles. The van der Waals surface area contributed by atoms with Crippen molar-refractivity contribution in [2.24, 2.45) is 5.92 Å². The third kappa shape index (κ3) is 5.34. The van der Waals surface area contributed by atoms with Gasteiger partial charge in [-0.15, -0.1) is 0 Å². The number of hydrogen-bond acceptors (Lipinski definition) is 4. The van der Waals surface area contributed by atoms with Crippen molar-refractivity contribution in [1.82, 2.24) is 9.88 Å². The van der Waals surface area contributed by atoms with Gasteiger partial charge in [0.15, 0.2) is 5.89 Å². The van der Waals surface area contributed by atoms with E-state index in [4.69, 9.17) is 4.42 Å². The summed E-state index contributed by atoms with van der Waals surface area (Å²) in [6.07, 6.45) is 4.71. The molecule has 0 aliphatic carbocycles. The number of amides is 1. The third-order valence-corrected chi connectivity index (χ3v) is 4.33. The second-order valence-electron chi connectivity index (χ2n) is 8.39. The van der Waals surface area contributed by atoms with Crippen LogP contribution in [0.15, 0.2) is 10.7 Å². The van der Waals surface area contributed by atoms with Crippen molar-refractivity contribution in [2.75, 3.05) is 13.1 Å². The highest BCUT2D eigenvalue weighted by Crippen LogP contribution is 2.25. The van der Waals surface area contributed by atoms with Gasteiger partial charge in [-0.2, -0.15) is 0 Å². The number of nitrogens with zero attached hydrogens (tertiary/aromatic N) is 2. The molecule has 5 heteroatoms. The molecular weight excluding hydrogens is 292 g/mol. The van der Waals surface area contributed by atoms with E-state index in [1.165, 1.54) is 0 Å². The average Bonchev–Trinajstić information content (AvgIpc) is 2.86. The number of likely N-dealkylation sites (tertiary alicyclic amines) is 1. The van der Waals surface area contributed by atoms with Crippen LogP contribution in [-0.2, 0) is 16.6 Å². The minimum Gasteiger partial charge on any atom is -0.449 e.